The Labute approximate surface area is 174 Å². The van der Waals surface area contributed by atoms with Crippen molar-refractivity contribution in [2.75, 3.05) is 27.9 Å². The van der Waals surface area contributed by atoms with Crippen LogP contribution in [0.5, 0.6) is 17.2 Å². The zero-order valence-electron chi connectivity index (χ0n) is 20.0. The molecule has 29 heavy (non-hydrogen) atoms. The minimum Gasteiger partial charge on any atom is -0.493 e. The largest absolute Gasteiger partial charge is 0.493 e. The number of esters is 1. The van der Waals surface area contributed by atoms with Crippen molar-refractivity contribution in [3.05, 3.63) is 41.5 Å². The molecule has 0 unspecified atom stereocenters. The van der Waals surface area contributed by atoms with Crippen molar-refractivity contribution in [2.45, 2.75) is 26.7 Å². The second-order valence-electron chi connectivity index (χ2n) is 7.49. The smallest absolute Gasteiger partial charge is 0.314 e. The van der Waals surface area contributed by atoms with Crippen LogP contribution in [0.25, 0.3) is 11.1 Å². The van der Waals surface area contributed by atoms with Gasteiger partial charge < -0.3 is 18.9 Å². The van der Waals surface area contributed by atoms with E-state index >= 15 is 0 Å². The molecule has 0 N–H and O–H groups in total. The summed E-state index contributed by atoms with van der Waals surface area (Å²) in [5.74, 6) is -0.101. The first-order chi connectivity index (χ1) is 15.0. The van der Waals surface area contributed by atoms with E-state index in [1.165, 1.54) is 20.3 Å². The van der Waals surface area contributed by atoms with Gasteiger partial charge in [0.2, 0.25) is 5.75 Å². The van der Waals surface area contributed by atoms with Gasteiger partial charge in [-0.05, 0) is 43.5 Å². The Morgan fingerprint density at radius 3 is 2.48 bits per heavy atom. The lowest BCUT2D eigenvalue weighted by molar-refractivity contribution is -0.152. The normalized spacial score (nSPS) is 15.0. The quantitative estimate of drug-likeness (QED) is 0.651. The molecule has 0 radical (unpaired) electrons. The van der Waals surface area contributed by atoms with E-state index in [-0.39, 0.29) is 29.6 Å². The molecule has 0 saturated heterocycles. The number of ketones is 1. The summed E-state index contributed by atoms with van der Waals surface area (Å²) in [7, 11) is -0.0221. The van der Waals surface area contributed by atoms with Crippen LogP contribution in [-0.4, -0.2) is 39.6 Å². The molecular weight excluding hydrogens is 372 g/mol. The van der Waals surface area contributed by atoms with E-state index < -0.39 is 18.4 Å². The van der Waals surface area contributed by atoms with Gasteiger partial charge in [-0.2, -0.15) is 0 Å². The zero-order chi connectivity index (χ0) is 23.7. The molecule has 2 aromatic carbocycles. The Balaban J connectivity index is 2.15. The van der Waals surface area contributed by atoms with Gasteiger partial charge >= 0.3 is 5.97 Å². The summed E-state index contributed by atoms with van der Waals surface area (Å²) in [6.07, 6.45) is 1.02. The maximum atomic E-state index is 12.2. The first-order valence-corrected chi connectivity index (χ1v) is 9.25. The minimum atomic E-state index is -2.70. The highest BCUT2D eigenvalue weighted by Crippen LogP contribution is 2.47. The molecule has 0 fully saturated rings. The van der Waals surface area contributed by atoms with Gasteiger partial charge in [0.05, 0.1) is 30.8 Å². The van der Waals surface area contributed by atoms with Crippen LogP contribution in [0.4, 0.5) is 0 Å². The number of carbonyl (C=O) groups excluding carboxylic acids is 2. The molecule has 0 heterocycles. The lowest BCUT2D eigenvalue weighted by Crippen LogP contribution is -2.32. The molecule has 0 amide bonds. The molecule has 6 heteroatoms. The Morgan fingerprint density at radius 1 is 1.03 bits per heavy atom. The van der Waals surface area contributed by atoms with Crippen molar-refractivity contribution in [2.24, 2.45) is 5.41 Å². The van der Waals surface area contributed by atoms with Crippen LogP contribution >= 0.6 is 0 Å². The van der Waals surface area contributed by atoms with E-state index in [1.807, 2.05) is 6.07 Å². The topological polar surface area (TPSA) is 71.1 Å². The van der Waals surface area contributed by atoms with Crippen molar-refractivity contribution in [3.8, 4) is 28.4 Å². The summed E-state index contributed by atoms with van der Waals surface area (Å²) in [6.45, 7) is 3.29. The number of rotatable bonds is 7. The molecule has 0 saturated carbocycles. The van der Waals surface area contributed by atoms with Crippen LogP contribution in [0.1, 0.15) is 40.3 Å². The van der Waals surface area contributed by atoms with E-state index in [1.54, 1.807) is 32.0 Å². The zero-order valence-corrected chi connectivity index (χ0v) is 17.0. The van der Waals surface area contributed by atoms with Gasteiger partial charge in [-0.1, -0.05) is 18.2 Å². The summed E-state index contributed by atoms with van der Waals surface area (Å²) in [5, 5.41) is 0. The summed E-state index contributed by atoms with van der Waals surface area (Å²) in [6, 6.07) is 8.61. The number of hydrogen-bond donors (Lipinski definition) is 0. The molecule has 0 atom stereocenters. The molecule has 1 aliphatic carbocycles. The minimum absolute atomic E-state index is 0.0224. The molecular formula is C23H26O6. The Kier molecular flexibility index (Phi) is 4.75. The number of benzene rings is 2. The predicted molar refractivity (Wildman–Crippen MR) is 109 cm³/mol. The van der Waals surface area contributed by atoms with E-state index in [9.17, 15) is 9.59 Å². The van der Waals surface area contributed by atoms with Gasteiger partial charge in [0.15, 0.2) is 17.3 Å². The van der Waals surface area contributed by atoms with E-state index in [2.05, 4.69) is 0 Å². The summed E-state index contributed by atoms with van der Waals surface area (Å²) < 4.78 is 43.9. The third-order valence-electron chi connectivity index (χ3n) is 5.07. The Hall–Kier alpha value is -3.02. The molecule has 0 spiro atoms. The predicted octanol–water partition coefficient (Wildman–Crippen LogP) is 4.08. The molecule has 3 rings (SSSR count). The number of ether oxygens (including phenoxy) is 4. The maximum absolute atomic E-state index is 12.2. The monoisotopic (exact) mass is 401 g/mol. The molecule has 154 valence electrons. The number of hydrogen-bond acceptors (Lipinski definition) is 6. The standard InChI is InChI=1S/C23H26O6/c1-23(2,22(25)28-5)13-29-20-17(10-12-19(26-3)21(20)27-4)14-7-6-8-16-15(14)9-11-18(16)24/h6-8,10,12H,9,11,13H2,1-5H3/i3D3. The Morgan fingerprint density at radius 2 is 1.79 bits per heavy atom. The van der Waals surface area contributed by atoms with Crippen LogP contribution in [-0.2, 0) is 16.0 Å². The highest BCUT2D eigenvalue weighted by molar-refractivity contribution is 6.02. The van der Waals surface area contributed by atoms with Crippen LogP contribution in [0.3, 0.4) is 0 Å². The summed E-state index contributed by atoms with van der Waals surface area (Å²) >= 11 is 0. The van der Waals surface area contributed by atoms with Crippen molar-refractivity contribution in [3.63, 3.8) is 0 Å². The molecule has 0 bridgehead atoms. The number of fused-ring (bicyclic) bond motifs is 1. The summed E-state index contributed by atoms with van der Waals surface area (Å²) in [5.41, 5.74) is 1.95. The second kappa shape index (κ2) is 8.15. The Bertz CT molecular complexity index is 1040. The fraction of sp³-hybridized carbons (Fsp3) is 0.391. The first-order valence-electron chi connectivity index (χ1n) is 10.7. The maximum Gasteiger partial charge on any atom is 0.314 e. The van der Waals surface area contributed by atoms with Gasteiger partial charge in [0, 0.05) is 17.5 Å². The molecule has 1 aliphatic rings. The highest BCUT2D eigenvalue weighted by atomic mass is 16.5. The lowest BCUT2D eigenvalue weighted by atomic mass is 9.94. The van der Waals surface area contributed by atoms with E-state index in [4.69, 9.17) is 23.1 Å². The third kappa shape index (κ3) is 3.79. The second-order valence-corrected chi connectivity index (χ2v) is 7.49. The fourth-order valence-electron chi connectivity index (χ4n) is 3.50. The SMILES string of the molecule is [2H]C([2H])([2H])Oc1ccc(-c2cccc3c2CCC3=O)c(OCC(C)(C)C(=O)OC)c1OC. The van der Waals surface area contributed by atoms with Crippen LogP contribution < -0.4 is 14.2 Å². The molecule has 2 aromatic rings. The van der Waals surface area contributed by atoms with Crippen molar-refractivity contribution >= 4 is 11.8 Å². The van der Waals surface area contributed by atoms with Crippen LogP contribution in [0.15, 0.2) is 30.3 Å². The van der Waals surface area contributed by atoms with Gasteiger partial charge in [0.1, 0.15) is 6.61 Å². The van der Waals surface area contributed by atoms with Crippen molar-refractivity contribution in [1.82, 2.24) is 0 Å². The summed E-state index contributed by atoms with van der Waals surface area (Å²) in [4.78, 5) is 24.4. The fourth-order valence-corrected chi connectivity index (χ4v) is 3.50. The number of carbonyl (C=O) groups is 2. The third-order valence-corrected chi connectivity index (χ3v) is 5.07. The number of Topliss-reactive ketones (excluding diaryl/α,β-unsaturated/α-hetero) is 1. The van der Waals surface area contributed by atoms with E-state index in [0.29, 0.717) is 24.0 Å². The molecule has 6 nitrogen and oxygen atoms in total. The van der Waals surface area contributed by atoms with E-state index in [0.717, 1.165) is 11.1 Å². The highest BCUT2D eigenvalue weighted by Gasteiger charge is 2.32. The van der Waals surface area contributed by atoms with Crippen LogP contribution in [0.2, 0.25) is 0 Å². The van der Waals surface area contributed by atoms with Gasteiger partial charge in [-0.15, -0.1) is 0 Å². The van der Waals surface area contributed by atoms with Gasteiger partial charge in [-0.25, -0.2) is 0 Å². The van der Waals surface area contributed by atoms with Crippen molar-refractivity contribution in [1.29, 1.82) is 0 Å². The average molecular weight is 401 g/mol. The van der Waals surface area contributed by atoms with Gasteiger partial charge in [0.25, 0.3) is 0 Å². The first kappa shape index (κ1) is 16.9. The molecule has 0 aliphatic heterocycles. The van der Waals surface area contributed by atoms with Crippen LogP contribution in [0, 0.1) is 5.41 Å². The lowest BCUT2D eigenvalue weighted by Gasteiger charge is -2.24. The van der Waals surface area contributed by atoms with Crippen molar-refractivity contribution < 1.29 is 32.6 Å². The number of methoxy groups -OCH3 is 3. The molecule has 0 aromatic heterocycles. The van der Waals surface area contributed by atoms with Gasteiger partial charge in [-0.3, -0.25) is 9.59 Å². The average Bonchev–Trinajstić information content (AvgIpc) is 3.11.